The second-order valence-corrected chi connectivity index (χ2v) is 4.27. The van der Waals surface area contributed by atoms with Gasteiger partial charge >= 0.3 is 0 Å². The molecule has 0 aliphatic carbocycles. The van der Waals surface area contributed by atoms with Gasteiger partial charge in [0.1, 0.15) is 0 Å². The average molecular weight is 215 g/mol. The zero-order valence-corrected chi connectivity index (χ0v) is 10.0. The highest BCUT2D eigenvalue weighted by Gasteiger charge is 2.17. The smallest absolute Gasteiger partial charge is 0.252 e. The summed E-state index contributed by atoms with van der Waals surface area (Å²) in [4.78, 5) is 11.8. The van der Waals surface area contributed by atoms with Gasteiger partial charge in [0.2, 0.25) is 0 Å². The molecule has 1 rings (SSSR count). The summed E-state index contributed by atoms with van der Waals surface area (Å²) in [6.07, 6.45) is 6.28. The zero-order chi connectivity index (χ0) is 12.2. The molecule has 0 unspecified atom stereocenters. The molecular formula is C14H17NO. The molecule has 1 aromatic carbocycles. The highest BCUT2D eigenvalue weighted by atomic mass is 16.1. The van der Waals surface area contributed by atoms with Crippen molar-refractivity contribution in [2.24, 2.45) is 0 Å². The normalized spacial score (nSPS) is 10.6. The maximum absolute atomic E-state index is 11.8. The number of hydrogen-bond donors (Lipinski definition) is 1. The number of benzene rings is 1. The number of aryl methyl sites for hydroxylation is 1. The molecule has 16 heavy (non-hydrogen) atoms. The summed E-state index contributed by atoms with van der Waals surface area (Å²) in [5.41, 5.74) is 1.24. The van der Waals surface area contributed by atoms with Gasteiger partial charge in [0.05, 0.1) is 5.54 Å². The number of amides is 1. The van der Waals surface area contributed by atoms with Crippen LogP contribution < -0.4 is 5.32 Å². The summed E-state index contributed by atoms with van der Waals surface area (Å²) < 4.78 is 0. The Morgan fingerprint density at radius 3 is 2.38 bits per heavy atom. The molecule has 0 spiro atoms. The van der Waals surface area contributed by atoms with Crippen LogP contribution in [0, 0.1) is 12.3 Å². The number of nitrogens with one attached hydrogen (secondary N) is 1. The van der Waals surface area contributed by atoms with E-state index in [1.807, 2.05) is 24.3 Å². The van der Waals surface area contributed by atoms with Crippen LogP contribution in [-0.4, -0.2) is 11.4 Å². The van der Waals surface area contributed by atoms with Gasteiger partial charge in [-0.15, -0.1) is 6.42 Å². The van der Waals surface area contributed by atoms with Crippen LogP contribution in [0.4, 0.5) is 0 Å². The Hall–Kier alpha value is -1.75. The number of hydrogen-bond acceptors (Lipinski definition) is 1. The van der Waals surface area contributed by atoms with Crippen molar-refractivity contribution in [2.75, 3.05) is 0 Å². The van der Waals surface area contributed by atoms with Crippen LogP contribution >= 0.6 is 0 Å². The van der Waals surface area contributed by atoms with E-state index >= 15 is 0 Å². The lowest BCUT2D eigenvalue weighted by molar-refractivity contribution is 0.0930. The fourth-order valence-electron chi connectivity index (χ4n) is 1.28. The molecule has 2 heteroatoms. The Bertz CT molecular complexity index is 409. The lowest BCUT2D eigenvalue weighted by Crippen LogP contribution is -2.42. The molecule has 0 bridgehead atoms. The number of carbonyl (C=O) groups is 1. The van der Waals surface area contributed by atoms with E-state index in [0.29, 0.717) is 5.56 Å². The predicted molar refractivity (Wildman–Crippen MR) is 66.2 cm³/mol. The molecule has 0 aliphatic rings. The maximum atomic E-state index is 11.8. The van der Waals surface area contributed by atoms with Crippen molar-refractivity contribution in [1.82, 2.24) is 5.32 Å². The van der Waals surface area contributed by atoms with Gasteiger partial charge in [-0.2, -0.15) is 0 Å². The zero-order valence-electron chi connectivity index (χ0n) is 10.0. The number of terminal acetylenes is 1. The third kappa shape index (κ3) is 3.13. The van der Waals surface area contributed by atoms with Gasteiger partial charge in [-0.3, -0.25) is 4.79 Å². The van der Waals surface area contributed by atoms with Crippen molar-refractivity contribution < 1.29 is 4.79 Å². The van der Waals surface area contributed by atoms with Gasteiger partial charge in [-0.1, -0.05) is 25.0 Å². The Kier molecular flexibility index (Phi) is 3.73. The fourth-order valence-corrected chi connectivity index (χ4v) is 1.28. The van der Waals surface area contributed by atoms with E-state index in [9.17, 15) is 4.79 Å². The molecule has 1 aromatic rings. The summed E-state index contributed by atoms with van der Waals surface area (Å²) in [5, 5.41) is 2.78. The van der Waals surface area contributed by atoms with Crippen LogP contribution in [0.5, 0.6) is 0 Å². The molecule has 0 radical (unpaired) electrons. The summed E-state index contributed by atoms with van der Waals surface area (Å²) in [6.45, 7) is 5.67. The van der Waals surface area contributed by atoms with Crippen LogP contribution in [0.3, 0.4) is 0 Å². The van der Waals surface area contributed by atoms with Gasteiger partial charge < -0.3 is 5.32 Å². The Morgan fingerprint density at radius 1 is 1.38 bits per heavy atom. The number of carbonyl (C=O) groups excluding carboxylic acids is 1. The second-order valence-electron chi connectivity index (χ2n) is 4.27. The molecular weight excluding hydrogens is 198 g/mol. The first-order valence-corrected chi connectivity index (χ1v) is 5.37. The first-order chi connectivity index (χ1) is 7.48. The standard InChI is InChI=1S/C14H17NO/c1-5-11-7-9-12(10-8-11)13(16)15-14(3,4)6-2/h2,7-10H,5H2,1,3-4H3,(H,15,16). The molecule has 0 fully saturated rings. The van der Waals surface area contributed by atoms with Gasteiger partial charge in [0.15, 0.2) is 0 Å². The van der Waals surface area contributed by atoms with Crippen LogP contribution in [0.25, 0.3) is 0 Å². The second kappa shape index (κ2) is 4.85. The summed E-state index contributed by atoms with van der Waals surface area (Å²) in [7, 11) is 0. The predicted octanol–water partition coefficient (Wildman–Crippen LogP) is 2.39. The van der Waals surface area contributed by atoms with Crippen molar-refractivity contribution in [3.05, 3.63) is 35.4 Å². The molecule has 0 heterocycles. The van der Waals surface area contributed by atoms with Crippen LogP contribution in [0.1, 0.15) is 36.7 Å². The molecule has 0 saturated carbocycles. The van der Waals surface area contributed by atoms with Crippen molar-refractivity contribution in [3.63, 3.8) is 0 Å². The highest BCUT2D eigenvalue weighted by molar-refractivity contribution is 5.94. The van der Waals surface area contributed by atoms with E-state index in [4.69, 9.17) is 6.42 Å². The van der Waals surface area contributed by atoms with Crippen LogP contribution in [0.15, 0.2) is 24.3 Å². The summed E-state index contributed by atoms with van der Waals surface area (Å²) in [6, 6.07) is 7.55. The molecule has 0 saturated heterocycles. The van der Waals surface area contributed by atoms with Gasteiger partial charge in [0.25, 0.3) is 5.91 Å². The lowest BCUT2D eigenvalue weighted by Gasteiger charge is -2.19. The van der Waals surface area contributed by atoms with Crippen LogP contribution in [0.2, 0.25) is 0 Å². The third-order valence-corrected chi connectivity index (χ3v) is 2.41. The van der Waals surface area contributed by atoms with E-state index in [0.717, 1.165) is 6.42 Å². The first-order valence-electron chi connectivity index (χ1n) is 5.37. The van der Waals surface area contributed by atoms with E-state index in [1.54, 1.807) is 13.8 Å². The van der Waals surface area contributed by atoms with Crippen molar-refractivity contribution >= 4 is 5.91 Å². The fraction of sp³-hybridized carbons (Fsp3) is 0.357. The Balaban J connectivity index is 2.78. The Labute approximate surface area is 97.1 Å². The molecule has 0 aromatic heterocycles. The topological polar surface area (TPSA) is 29.1 Å². The van der Waals surface area contributed by atoms with Gasteiger partial charge in [-0.05, 0) is 38.0 Å². The van der Waals surface area contributed by atoms with Crippen LogP contribution in [-0.2, 0) is 6.42 Å². The quantitative estimate of drug-likeness (QED) is 0.771. The summed E-state index contributed by atoms with van der Waals surface area (Å²) >= 11 is 0. The van der Waals surface area contributed by atoms with E-state index < -0.39 is 5.54 Å². The monoisotopic (exact) mass is 215 g/mol. The van der Waals surface area contributed by atoms with Crippen molar-refractivity contribution in [1.29, 1.82) is 0 Å². The number of rotatable bonds is 3. The molecule has 0 atom stereocenters. The maximum Gasteiger partial charge on any atom is 0.252 e. The van der Waals surface area contributed by atoms with Crippen molar-refractivity contribution in [2.45, 2.75) is 32.7 Å². The minimum atomic E-state index is -0.611. The molecule has 2 nitrogen and oxygen atoms in total. The minimum absolute atomic E-state index is 0.134. The van der Waals surface area contributed by atoms with Gasteiger partial charge in [0, 0.05) is 5.56 Å². The Morgan fingerprint density at radius 2 is 1.94 bits per heavy atom. The average Bonchev–Trinajstić information content (AvgIpc) is 2.28. The third-order valence-electron chi connectivity index (χ3n) is 2.41. The molecule has 1 N–H and O–H groups in total. The van der Waals surface area contributed by atoms with E-state index in [1.165, 1.54) is 5.56 Å². The lowest BCUT2D eigenvalue weighted by atomic mass is 10.1. The van der Waals surface area contributed by atoms with Gasteiger partial charge in [-0.25, -0.2) is 0 Å². The van der Waals surface area contributed by atoms with E-state index in [-0.39, 0.29) is 5.91 Å². The SMILES string of the molecule is C#CC(C)(C)NC(=O)c1ccc(CC)cc1. The molecule has 1 amide bonds. The summed E-state index contributed by atoms with van der Waals surface area (Å²) in [5.74, 6) is 2.40. The largest absolute Gasteiger partial charge is 0.336 e. The highest BCUT2D eigenvalue weighted by Crippen LogP contribution is 2.07. The molecule has 0 aliphatic heterocycles. The minimum Gasteiger partial charge on any atom is -0.336 e. The molecule has 84 valence electrons. The van der Waals surface area contributed by atoms with Crippen molar-refractivity contribution in [3.8, 4) is 12.3 Å². The first kappa shape index (κ1) is 12.3. The van der Waals surface area contributed by atoms with E-state index in [2.05, 4.69) is 18.2 Å².